The summed E-state index contributed by atoms with van der Waals surface area (Å²) in [4.78, 5) is 18.3. The molecule has 7 heteroatoms. The molecule has 0 amide bonds. The van der Waals surface area contributed by atoms with E-state index in [1.807, 2.05) is 5.38 Å². The fourth-order valence-electron chi connectivity index (χ4n) is 2.80. The molecule has 2 rings (SSSR count). The number of unbranched alkanes of at least 4 members (excludes halogenated alkanes) is 2. The molecule has 1 aromatic carbocycles. The van der Waals surface area contributed by atoms with Crippen LogP contribution in [0.2, 0.25) is 0 Å². The average Bonchev–Trinajstić information content (AvgIpc) is 3.16. The first-order valence-corrected chi connectivity index (χ1v) is 11.3. The fourth-order valence-corrected chi connectivity index (χ4v) is 3.46. The monoisotopic (exact) mass is 416 g/mol. The van der Waals surface area contributed by atoms with Gasteiger partial charge in [-0.3, -0.25) is 10.2 Å². The molecule has 0 aliphatic rings. The van der Waals surface area contributed by atoms with Gasteiger partial charge in [0, 0.05) is 24.2 Å². The normalized spacial score (nSPS) is 11.0. The Hall–Kier alpha value is -2.41. The lowest BCUT2D eigenvalue weighted by Crippen LogP contribution is -2.25. The number of ether oxygens (including phenoxy) is 1. The standard InChI is InChI=1S/C22H32N4O2S/c1-4-7-13-26(14-8-5-2)20-11-9-18(10-12-20)16-23-25-22-24-19(17-29-22)15-21(27)28-6-3/h9-12,16-17H,4-8,13-15H2,1-3H3,(H,24,25). The second kappa shape index (κ2) is 12.9. The van der Waals surface area contributed by atoms with Crippen LogP contribution in [0.5, 0.6) is 0 Å². The summed E-state index contributed by atoms with van der Waals surface area (Å²) in [5.41, 5.74) is 5.90. The van der Waals surface area contributed by atoms with Crippen LogP contribution in [-0.2, 0) is 16.0 Å². The number of hydrogen-bond acceptors (Lipinski definition) is 7. The fraction of sp³-hybridized carbons (Fsp3) is 0.500. The number of thiazole rings is 1. The van der Waals surface area contributed by atoms with Crippen LogP contribution in [0.15, 0.2) is 34.7 Å². The number of carbonyl (C=O) groups is 1. The highest BCUT2D eigenvalue weighted by Gasteiger charge is 2.08. The zero-order chi connectivity index (χ0) is 20.9. The van der Waals surface area contributed by atoms with E-state index in [0.29, 0.717) is 17.4 Å². The van der Waals surface area contributed by atoms with Crippen LogP contribution >= 0.6 is 11.3 Å². The Morgan fingerprint density at radius 2 is 1.86 bits per heavy atom. The van der Waals surface area contributed by atoms with Crippen LogP contribution in [0, 0.1) is 0 Å². The Labute approximate surface area is 178 Å². The zero-order valence-corrected chi connectivity index (χ0v) is 18.5. The predicted octanol–water partition coefficient (Wildman–Crippen LogP) is 5.10. The van der Waals surface area contributed by atoms with Gasteiger partial charge in [-0.25, -0.2) is 4.98 Å². The number of anilines is 2. The van der Waals surface area contributed by atoms with E-state index in [1.165, 1.54) is 42.7 Å². The van der Waals surface area contributed by atoms with Crippen molar-refractivity contribution in [2.45, 2.75) is 52.9 Å². The molecule has 0 saturated heterocycles. The molecule has 29 heavy (non-hydrogen) atoms. The van der Waals surface area contributed by atoms with Gasteiger partial charge < -0.3 is 9.64 Å². The molecule has 1 heterocycles. The third kappa shape index (κ3) is 8.23. The molecule has 0 radical (unpaired) electrons. The van der Waals surface area contributed by atoms with E-state index >= 15 is 0 Å². The van der Waals surface area contributed by atoms with E-state index in [0.717, 1.165) is 18.7 Å². The molecule has 1 aromatic heterocycles. The lowest BCUT2D eigenvalue weighted by Gasteiger charge is -2.24. The van der Waals surface area contributed by atoms with Gasteiger partial charge in [-0.1, -0.05) is 38.8 Å². The molecule has 0 saturated carbocycles. The van der Waals surface area contributed by atoms with Crippen molar-refractivity contribution >= 4 is 34.3 Å². The molecule has 1 N–H and O–H groups in total. The quantitative estimate of drug-likeness (QED) is 0.279. The number of esters is 1. The minimum absolute atomic E-state index is 0.184. The highest BCUT2D eigenvalue weighted by molar-refractivity contribution is 7.13. The number of benzene rings is 1. The Bertz CT molecular complexity index is 750. The van der Waals surface area contributed by atoms with Gasteiger partial charge in [0.05, 0.1) is 24.9 Å². The van der Waals surface area contributed by atoms with Gasteiger partial charge in [0.2, 0.25) is 5.13 Å². The van der Waals surface area contributed by atoms with E-state index in [-0.39, 0.29) is 12.4 Å². The first-order chi connectivity index (χ1) is 14.2. The smallest absolute Gasteiger partial charge is 0.311 e. The van der Waals surface area contributed by atoms with Gasteiger partial charge in [-0.15, -0.1) is 11.3 Å². The van der Waals surface area contributed by atoms with Gasteiger partial charge in [-0.05, 0) is 37.5 Å². The maximum absolute atomic E-state index is 11.5. The minimum atomic E-state index is -0.264. The second-order valence-electron chi connectivity index (χ2n) is 6.78. The van der Waals surface area contributed by atoms with Gasteiger partial charge in [-0.2, -0.15) is 5.10 Å². The van der Waals surface area contributed by atoms with Gasteiger partial charge >= 0.3 is 5.97 Å². The SMILES string of the molecule is CCCCN(CCCC)c1ccc(C=NNc2nc(CC(=O)OCC)cs2)cc1. The van der Waals surface area contributed by atoms with Gasteiger partial charge in [0.25, 0.3) is 0 Å². The van der Waals surface area contributed by atoms with Crippen LogP contribution in [0.25, 0.3) is 0 Å². The lowest BCUT2D eigenvalue weighted by atomic mass is 10.2. The lowest BCUT2D eigenvalue weighted by molar-refractivity contribution is -0.142. The van der Waals surface area contributed by atoms with E-state index in [1.54, 1.807) is 13.1 Å². The molecule has 0 spiro atoms. The van der Waals surface area contributed by atoms with Crippen molar-refractivity contribution in [3.63, 3.8) is 0 Å². The van der Waals surface area contributed by atoms with Crippen molar-refractivity contribution in [1.29, 1.82) is 0 Å². The van der Waals surface area contributed by atoms with E-state index < -0.39 is 0 Å². The number of rotatable bonds is 13. The summed E-state index contributed by atoms with van der Waals surface area (Å²) in [5.74, 6) is -0.264. The summed E-state index contributed by atoms with van der Waals surface area (Å²) in [7, 11) is 0. The third-order valence-corrected chi connectivity index (χ3v) is 5.17. The molecule has 0 unspecified atom stereocenters. The van der Waals surface area contributed by atoms with Gasteiger partial charge in [0.1, 0.15) is 0 Å². The van der Waals surface area contributed by atoms with Crippen LogP contribution in [0.1, 0.15) is 57.7 Å². The Morgan fingerprint density at radius 1 is 1.17 bits per heavy atom. The Kier molecular flexibility index (Phi) is 10.2. The Balaban J connectivity index is 1.89. The van der Waals surface area contributed by atoms with E-state index in [2.05, 4.69) is 58.5 Å². The van der Waals surface area contributed by atoms with Gasteiger partial charge in [0.15, 0.2) is 0 Å². The van der Waals surface area contributed by atoms with Crippen molar-refractivity contribution in [2.75, 3.05) is 30.0 Å². The summed E-state index contributed by atoms with van der Waals surface area (Å²) in [5, 5.41) is 6.75. The topological polar surface area (TPSA) is 66.8 Å². The summed E-state index contributed by atoms with van der Waals surface area (Å²) >= 11 is 1.42. The summed E-state index contributed by atoms with van der Waals surface area (Å²) in [6.07, 6.45) is 6.79. The van der Waals surface area contributed by atoms with Crippen molar-refractivity contribution in [3.05, 3.63) is 40.9 Å². The second-order valence-corrected chi connectivity index (χ2v) is 7.64. The molecule has 0 aliphatic carbocycles. The van der Waals surface area contributed by atoms with Crippen LogP contribution in [0.4, 0.5) is 10.8 Å². The molecule has 158 valence electrons. The van der Waals surface area contributed by atoms with E-state index in [9.17, 15) is 4.79 Å². The van der Waals surface area contributed by atoms with Crippen LogP contribution in [0.3, 0.4) is 0 Å². The maximum Gasteiger partial charge on any atom is 0.311 e. The summed E-state index contributed by atoms with van der Waals surface area (Å²) in [6, 6.07) is 8.49. The maximum atomic E-state index is 11.5. The zero-order valence-electron chi connectivity index (χ0n) is 17.7. The predicted molar refractivity (Wildman–Crippen MR) is 122 cm³/mol. The molecule has 0 fully saturated rings. The number of hydrazone groups is 1. The molecular formula is C22H32N4O2S. The summed E-state index contributed by atoms with van der Waals surface area (Å²) < 4.78 is 4.94. The average molecular weight is 417 g/mol. The third-order valence-electron chi connectivity index (χ3n) is 4.38. The van der Waals surface area contributed by atoms with Crippen LogP contribution in [-0.4, -0.2) is 36.9 Å². The first-order valence-electron chi connectivity index (χ1n) is 10.4. The highest BCUT2D eigenvalue weighted by Crippen LogP contribution is 2.18. The van der Waals surface area contributed by atoms with Crippen molar-refractivity contribution in [2.24, 2.45) is 5.10 Å². The number of hydrogen-bond donors (Lipinski definition) is 1. The summed E-state index contributed by atoms with van der Waals surface area (Å²) in [6.45, 7) is 8.83. The van der Waals surface area contributed by atoms with Crippen molar-refractivity contribution in [1.82, 2.24) is 4.98 Å². The molecule has 0 aliphatic heterocycles. The number of aromatic nitrogens is 1. The molecule has 0 atom stereocenters. The molecule has 2 aromatic rings. The molecular weight excluding hydrogens is 384 g/mol. The van der Waals surface area contributed by atoms with Crippen molar-refractivity contribution in [3.8, 4) is 0 Å². The van der Waals surface area contributed by atoms with Crippen LogP contribution < -0.4 is 10.3 Å². The minimum Gasteiger partial charge on any atom is -0.466 e. The largest absolute Gasteiger partial charge is 0.466 e. The first kappa shape index (κ1) is 22.9. The number of nitrogens with one attached hydrogen (secondary N) is 1. The number of nitrogens with zero attached hydrogens (tertiary/aromatic N) is 3. The molecule has 0 bridgehead atoms. The highest BCUT2D eigenvalue weighted by atomic mass is 32.1. The molecule has 6 nitrogen and oxygen atoms in total. The Morgan fingerprint density at radius 3 is 2.48 bits per heavy atom. The number of carbonyl (C=O) groups excluding carboxylic acids is 1. The van der Waals surface area contributed by atoms with Crippen molar-refractivity contribution < 1.29 is 9.53 Å². The van der Waals surface area contributed by atoms with E-state index in [4.69, 9.17) is 4.74 Å².